The Balaban J connectivity index is 1.72. The standard InChI is InChI=1S/C22H18ClNO3S/c1-16-6-13-20(14-7-16)28(26,27)24-19-11-8-18(9-12-19)22(25)15-10-17-4-2-3-5-21(17)23/h2-15,24H,1H3/b15-10+. The lowest BCUT2D eigenvalue weighted by molar-refractivity contribution is 0.104. The fraction of sp³-hybridized carbons (Fsp3) is 0.0455. The summed E-state index contributed by atoms with van der Waals surface area (Å²) in [5.41, 5.74) is 2.56. The van der Waals surface area contributed by atoms with Crippen molar-refractivity contribution in [3.05, 3.63) is 101 Å². The van der Waals surface area contributed by atoms with E-state index < -0.39 is 10.0 Å². The molecule has 142 valence electrons. The number of ketones is 1. The van der Waals surface area contributed by atoms with Crippen molar-refractivity contribution >= 4 is 39.2 Å². The zero-order valence-electron chi connectivity index (χ0n) is 15.1. The summed E-state index contributed by atoms with van der Waals surface area (Å²) in [5.74, 6) is -0.201. The molecule has 0 aliphatic heterocycles. The number of aryl methyl sites for hydroxylation is 1. The Morgan fingerprint density at radius 2 is 1.57 bits per heavy atom. The molecule has 0 aliphatic rings. The van der Waals surface area contributed by atoms with Gasteiger partial charge in [0.05, 0.1) is 4.90 Å². The van der Waals surface area contributed by atoms with Gasteiger partial charge < -0.3 is 0 Å². The Hall–Kier alpha value is -2.89. The van der Waals surface area contributed by atoms with Crippen LogP contribution >= 0.6 is 11.6 Å². The van der Waals surface area contributed by atoms with Crippen LogP contribution in [0.4, 0.5) is 5.69 Å². The number of sulfonamides is 1. The molecule has 3 aromatic rings. The van der Waals surface area contributed by atoms with Gasteiger partial charge in [-0.2, -0.15) is 0 Å². The van der Waals surface area contributed by atoms with E-state index in [4.69, 9.17) is 11.6 Å². The highest BCUT2D eigenvalue weighted by atomic mass is 35.5. The molecule has 0 atom stereocenters. The van der Waals surface area contributed by atoms with Gasteiger partial charge in [-0.05, 0) is 67.1 Å². The molecule has 0 aliphatic carbocycles. The second kappa shape index (κ2) is 8.42. The number of rotatable bonds is 6. The minimum atomic E-state index is -3.68. The second-order valence-electron chi connectivity index (χ2n) is 6.21. The first-order chi connectivity index (χ1) is 13.3. The van der Waals surface area contributed by atoms with E-state index in [-0.39, 0.29) is 10.7 Å². The molecule has 1 N–H and O–H groups in total. The van der Waals surface area contributed by atoms with Crippen molar-refractivity contribution in [2.45, 2.75) is 11.8 Å². The zero-order valence-corrected chi connectivity index (χ0v) is 16.7. The van der Waals surface area contributed by atoms with Crippen LogP contribution < -0.4 is 4.72 Å². The molecule has 4 nitrogen and oxygen atoms in total. The number of nitrogens with one attached hydrogen (secondary N) is 1. The minimum Gasteiger partial charge on any atom is -0.289 e. The molecule has 0 aromatic heterocycles. The number of benzene rings is 3. The van der Waals surface area contributed by atoms with Crippen molar-refractivity contribution in [1.29, 1.82) is 0 Å². The van der Waals surface area contributed by atoms with E-state index in [1.165, 1.54) is 6.08 Å². The molecular formula is C22H18ClNO3S. The predicted octanol–water partition coefficient (Wildman–Crippen LogP) is 5.35. The quantitative estimate of drug-likeness (QED) is 0.439. The minimum absolute atomic E-state index is 0.181. The van der Waals surface area contributed by atoms with Gasteiger partial charge in [0.15, 0.2) is 5.78 Å². The molecule has 3 rings (SSSR count). The van der Waals surface area contributed by atoms with Gasteiger partial charge in [0, 0.05) is 16.3 Å². The average molecular weight is 412 g/mol. The Morgan fingerprint density at radius 1 is 0.929 bits per heavy atom. The lowest BCUT2D eigenvalue weighted by Gasteiger charge is -2.08. The molecule has 0 unspecified atom stereocenters. The van der Waals surface area contributed by atoms with Crippen molar-refractivity contribution in [2.75, 3.05) is 4.72 Å². The van der Waals surface area contributed by atoms with E-state index in [0.29, 0.717) is 16.3 Å². The highest BCUT2D eigenvalue weighted by Crippen LogP contribution is 2.19. The molecule has 0 fully saturated rings. The number of carbonyl (C=O) groups is 1. The monoisotopic (exact) mass is 411 g/mol. The van der Waals surface area contributed by atoms with Gasteiger partial charge in [-0.3, -0.25) is 9.52 Å². The molecule has 0 amide bonds. The lowest BCUT2D eigenvalue weighted by Crippen LogP contribution is -2.13. The fourth-order valence-corrected chi connectivity index (χ4v) is 3.76. The smallest absolute Gasteiger partial charge is 0.261 e. The first-order valence-corrected chi connectivity index (χ1v) is 10.4. The SMILES string of the molecule is Cc1ccc(S(=O)(=O)Nc2ccc(C(=O)/C=C/c3ccccc3Cl)cc2)cc1. The maximum absolute atomic E-state index is 12.4. The van der Waals surface area contributed by atoms with Crippen LogP contribution in [0.25, 0.3) is 6.08 Å². The highest BCUT2D eigenvalue weighted by Gasteiger charge is 2.14. The third kappa shape index (κ3) is 4.88. The summed E-state index contributed by atoms with van der Waals surface area (Å²) >= 11 is 6.07. The molecular weight excluding hydrogens is 394 g/mol. The number of anilines is 1. The average Bonchev–Trinajstić information content (AvgIpc) is 2.68. The maximum Gasteiger partial charge on any atom is 0.261 e. The number of halogens is 1. The lowest BCUT2D eigenvalue weighted by atomic mass is 10.1. The number of hydrogen-bond donors (Lipinski definition) is 1. The van der Waals surface area contributed by atoms with E-state index in [0.717, 1.165) is 11.1 Å². The number of carbonyl (C=O) groups excluding carboxylic acids is 1. The maximum atomic E-state index is 12.4. The molecule has 0 saturated carbocycles. The van der Waals surface area contributed by atoms with Crippen LogP contribution in [0.1, 0.15) is 21.5 Å². The van der Waals surface area contributed by atoms with Crippen molar-refractivity contribution in [3.8, 4) is 0 Å². The van der Waals surface area contributed by atoms with Gasteiger partial charge in [0.2, 0.25) is 0 Å². The Bertz CT molecular complexity index is 1120. The fourth-order valence-electron chi connectivity index (χ4n) is 2.51. The van der Waals surface area contributed by atoms with Crippen LogP contribution in [-0.4, -0.2) is 14.2 Å². The first kappa shape index (κ1) is 19.9. The summed E-state index contributed by atoms with van der Waals surface area (Å²) in [6.45, 7) is 1.89. The largest absolute Gasteiger partial charge is 0.289 e. The normalized spacial score (nSPS) is 11.5. The van der Waals surface area contributed by atoms with E-state index in [9.17, 15) is 13.2 Å². The Labute approximate surface area is 169 Å². The molecule has 0 radical (unpaired) electrons. The molecule has 0 bridgehead atoms. The third-order valence-electron chi connectivity index (χ3n) is 4.07. The van der Waals surface area contributed by atoms with Crippen LogP contribution in [0.3, 0.4) is 0 Å². The van der Waals surface area contributed by atoms with Gasteiger partial charge in [-0.15, -0.1) is 0 Å². The molecule has 3 aromatic carbocycles. The predicted molar refractivity (Wildman–Crippen MR) is 113 cm³/mol. The summed E-state index contributed by atoms with van der Waals surface area (Å²) in [4.78, 5) is 12.5. The summed E-state index contributed by atoms with van der Waals surface area (Å²) in [6, 6.07) is 20.1. The molecule has 0 heterocycles. The van der Waals surface area contributed by atoms with Crippen LogP contribution in [0.5, 0.6) is 0 Å². The first-order valence-electron chi connectivity index (χ1n) is 8.52. The zero-order chi connectivity index (χ0) is 20.1. The van der Waals surface area contributed by atoms with Crippen molar-refractivity contribution in [3.63, 3.8) is 0 Å². The van der Waals surface area contributed by atoms with Gasteiger partial charge in [0.1, 0.15) is 0 Å². The van der Waals surface area contributed by atoms with Gasteiger partial charge >= 0.3 is 0 Å². The molecule has 6 heteroatoms. The second-order valence-corrected chi connectivity index (χ2v) is 8.30. The van der Waals surface area contributed by atoms with E-state index in [1.807, 2.05) is 25.1 Å². The summed E-state index contributed by atoms with van der Waals surface area (Å²) in [7, 11) is -3.68. The summed E-state index contributed by atoms with van der Waals surface area (Å²) in [6.07, 6.45) is 3.09. The molecule has 28 heavy (non-hydrogen) atoms. The van der Waals surface area contributed by atoms with Crippen molar-refractivity contribution < 1.29 is 13.2 Å². The van der Waals surface area contributed by atoms with E-state index in [2.05, 4.69) is 4.72 Å². The van der Waals surface area contributed by atoms with Crippen molar-refractivity contribution in [2.24, 2.45) is 0 Å². The van der Waals surface area contributed by atoms with E-state index >= 15 is 0 Å². The van der Waals surface area contributed by atoms with Crippen LogP contribution in [0.2, 0.25) is 5.02 Å². The van der Waals surface area contributed by atoms with Gasteiger partial charge in [-0.25, -0.2) is 8.42 Å². The van der Waals surface area contributed by atoms with Crippen LogP contribution in [-0.2, 0) is 10.0 Å². The van der Waals surface area contributed by atoms with Gasteiger partial charge in [0.25, 0.3) is 10.0 Å². The summed E-state index contributed by atoms with van der Waals surface area (Å²) in [5, 5.41) is 0.562. The van der Waals surface area contributed by atoms with Crippen LogP contribution in [0, 0.1) is 6.92 Å². The Kier molecular flexibility index (Phi) is 5.97. The van der Waals surface area contributed by atoms with Crippen molar-refractivity contribution in [1.82, 2.24) is 0 Å². The number of allylic oxidation sites excluding steroid dienone is 1. The number of hydrogen-bond acceptors (Lipinski definition) is 3. The van der Waals surface area contributed by atoms with E-state index in [1.54, 1.807) is 60.7 Å². The van der Waals surface area contributed by atoms with Crippen LogP contribution in [0.15, 0.2) is 83.8 Å². The topological polar surface area (TPSA) is 63.2 Å². The molecule has 0 spiro atoms. The third-order valence-corrected chi connectivity index (χ3v) is 5.81. The molecule has 0 saturated heterocycles. The summed E-state index contributed by atoms with van der Waals surface area (Å²) < 4.78 is 27.4. The van der Waals surface area contributed by atoms with Gasteiger partial charge in [-0.1, -0.05) is 47.5 Å². The highest BCUT2D eigenvalue weighted by molar-refractivity contribution is 7.92. The Morgan fingerprint density at radius 3 is 2.21 bits per heavy atom.